The van der Waals surface area contributed by atoms with Crippen LogP contribution in [0, 0.1) is 11.3 Å². The van der Waals surface area contributed by atoms with Crippen molar-refractivity contribution in [3.63, 3.8) is 0 Å². The Morgan fingerprint density at radius 2 is 1.76 bits per heavy atom. The van der Waals surface area contributed by atoms with Crippen molar-refractivity contribution in [2.24, 2.45) is 0 Å². The molecule has 33 heavy (non-hydrogen) atoms. The Morgan fingerprint density at radius 1 is 1.03 bits per heavy atom. The number of ether oxygens (including phenoxy) is 2. The number of amides is 1. The summed E-state index contributed by atoms with van der Waals surface area (Å²) in [4.78, 5) is 30.4. The van der Waals surface area contributed by atoms with Crippen molar-refractivity contribution in [3.05, 3.63) is 100 Å². The lowest BCUT2D eigenvalue weighted by Crippen LogP contribution is -2.20. The van der Waals surface area contributed by atoms with Crippen LogP contribution in [0.2, 0.25) is 0 Å². The van der Waals surface area contributed by atoms with Gasteiger partial charge in [0.2, 0.25) is 5.88 Å². The molecule has 0 aliphatic rings. The number of rotatable bonds is 6. The van der Waals surface area contributed by atoms with E-state index >= 15 is 0 Å². The maximum Gasteiger partial charge on any atom is 0.269 e. The van der Waals surface area contributed by atoms with E-state index in [1.165, 1.54) is 17.6 Å². The van der Waals surface area contributed by atoms with Crippen LogP contribution in [-0.4, -0.2) is 22.4 Å². The molecular weight excluding hydrogens is 420 g/mol. The average Bonchev–Trinajstić information content (AvgIpc) is 2.85. The topological polar surface area (TPSA) is 106 Å². The lowest BCUT2D eigenvalue weighted by molar-refractivity contribution is -0.112. The number of hydrogen-bond acceptors (Lipinski definition) is 6. The van der Waals surface area contributed by atoms with Crippen molar-refractivity contribution >= 4 is 23.3 Å². The zero-order chi connectivity index (χ0) is 23.2. The maximum atomic E-state index is 13.2. The average molecular weight is 438 g/mol. The number of carbonyl (C=O) groups is 1. The number of methoxy groups -OCH3 is 1. The highest BCUT2D eigenvalue weighted by atomic mass is 16.5. The largest absolute Gasteiger partial charge is 0.497 e. The molecule has 8 heteroatoms. The number of nitriles is 1. The van der Waals surface area contributed by atoms with E-state index in [-0.39, 0.29) is 17.0 Å². The predicted molar refractivity (Wildman–Crippen MR) is 123 cm³/mol. The van der Waals surface area contributed by atoms with Crippen molar-refractivity contribution in [3.8, 4) is 23.4 Å². The molecule has 0 aliphatic carbocycles. The molecule has 8 nitrogen and oxygen atoms in total. The SMILES string of the molecule is COc1ccc(NC(=O)C(C#N)=Cc2c(Oc3ccccc3)nc3ccccn3c2=O)cc1. The Hall–Kier alpha value is -4.90. The highest BCUT2D eigenvalue weighted by Gasteiger charge is 2.17. The Kier molecular flexibility index (Phi) is 6.14. The van der Waals surface area contributed by atoms with Crippen LogP contribution >= 0.6 is 0 Å². The lowest BCUT2D eigenvalue weighted by atomic mass is 10.1. The third kappa shape index (κ3) is 4.73. The van der Waals surface area contributed by atoms with Gasteiger partial charge in [-0.15, -0.1) is 0 Å². The summed E-state index contributed by atoms with van der Waals surface area (Å²) in [6.07, 6.45) is 2.74. The van der Waals surface area contributed by atoms with Gasteiger partial charge >= 0.3 is 0 Å². The summed E-state index contributed by atoms with van der Waals surface area (Å²) in [5.41, 5.74) is 0.0573. The molecule has 1 amide bonds. The van der Waals surface area contributed by atoms with Gasteiger partial charge in [0.25, 0.3) is 11.5 Å². The minimum absolute atomic E-state index is 0.0117. The van der Waals surface area contributed by atoms with E-state index in [4.69, 9.17) is 9.47 Å². The van der Waals surface area contributed by atoms with Gasteiger partial charge in [0.05, 0.1) is 7.11 Å². The first-order valence-corrected chi connectivity index (χ1v) is 9.90. The summed E-state index contributed by atoms with van der Waals surface area (Å²) in [5.74, 6) is 0.399. The molecule has 1 N–H and O–H groups in total. The van der Waals surface area contributed by atoms with E-state index in [2.05, 4.69) is 10.3 Å². The quantitative estimate of drug-likeness (QED) is 0.360. The summed E-state index contributed by atoms with van der Waals surface area (Å²) in [5, 5.41) is 12.3. The van der Waals surface area contributed by atoms with Crippen LogP contribution in [0.1, 0.15) is 5.56 Å². The molecule has 162 valence electrons. The predicted octanol–water partition coefficient (Wildman–Crippen LogP) is 4.04. The van der Waals surface area contributed by atoms with Crippen molar-refractivity contribution in [1.82, 2.24) is 9.38 Å². The maximum absolute atomic E-state index is 13.2. The Bertz CT molecular complexity index is 1440. The third-order valence-corrected chi connectivity index (χ3v) is 4.69. The molecule has 2 aromatic heterocycles. The molecule has 4 aromatic rings. The molecule has 0 bridgehead atoms. The molecule has 2 heterocycles. The summed E-state index contributed by atoms with van der Waals surface area (Å²) in [7, 11) is 1.54. The highest BCUT2D eigenvalue weighted by Crippen LogP contribution is 2.24. The fourth-order valence-electron chi connectivity index (χ4n) is 3.05. The number of carbonyl (C=O) groups excluding carboxylic acids is 1. The third-order valence-electron chi connectivity index (χ3n) is 4.69. The first-order valence-electron chi connectivity index (χ1n) is 9.90. The Morgan fingerprint density at radius 3 is 2.45 bits per heavy atom. The van der Waals surface area contributed by atoms with Crippen LogP contribution in [-0.2, 0) is 4.79 Å². The molecule has 0 unspecified atom stereocenters. The zero-order valence-electron chi connectivity index (χ0n) is 17.6. The zero-order valence-corrected chi connectivity index (χ0v) is 17.6. The number of aromatic nitrogens is 2. The summed E-state index contributed by atoms with van der Waals surface area (Å²) in [6.45, 7) is 0. The van der Waals surface area contributed by atoms with E-state index < -0.39 is 11.5 Å². The van der Waals surface area contributed by atoms with Gasteiger partial charge in [-0.25, -0.2) is 0 Å². The summed E-state index contributed by atoms with van der Waals surface area (Å²) in [6, 6.07) is 22.4. The monoisotopic (exact) mass is 438 g/mol. The van der Waals surface area contributed by atoms with E-state index in [1.54, 1.807) is 72.9 Å². The number of fused-ring (bicyclic) bond motifs is 1. The van der Waals surface area contributed by atoms with E-state index in [1.807, 2.05) is 12.1 Å². The van der Waals surface area contributed by atoms with E-state index in [9.17, 15) is 14.9 Å². The fraction of sp³-hybridized carbons (Fsp3) is 0.0400. The standard InChI is InChI=1S/C25H18N4O4/c1-32-19-12-10-18(11-13-19)27-23(30)17(16-26)15-21-24(33-20-7-3-2-4-8-20)28-22-9-5-6-14-29(22)25(21)31/h2-15H,1H3,(H,27,30). The second-order valence-corrected chi connectivity index (χ2v) is 6.83. The summed E-state index contributed by atoms with van der Waals surface area (Å²) < 4.78 is 12.3. The van der Waals surface area contributed by atoms with Gasteiger partial charge in [0.15, 0.2) is 0 Å². The van der Waals surface area contributed by atoms with Crippen molar-refractivity contribution < 1.29 is 14.3 Å². The fourth-order valence-corrected chi connectivity index (χ4v) is 3.05. The number of nitrogens with zero attached hydrogens (tertiary/aromatic N) is 3. The molecule has 0 saturated carbocycles. The van der Waals surface area contributed by atoms with Gasteiger partial charge in [0, 0.05) is 11.9 Å². The number of nitrogens with one attached hydrogen (secondary N) is 1. The Balaban J connectivity index is 1.76. The van der Waals surface area contributed by atoms with E-state index in [0.29, 0.717) is 22.8 Å². The first-order chi connectivity index (χ1) is 16.1. The minimum Gasteiger partial charge on any atom is -0.497 e. The van der Waals surface area contributed by atoms with Crippen molar-refractivity contribution in [2.45, 2.75) is 0 Å². The highest BCUT2D eigenvalue weighted by molar-refractivity contribution is 6.09. The smallest absolute Gasteiger partial charge is 0.269 e. The molecule has 0 atom stereocenters. The number of para-hydroxylation sites is 1. The number of hydrogen-bond donors (Lipinski definition) is 1. The van der Waals surface area contributed by atoms with Crippen LogP contribution in [0.5, 0.6) is 17.4 Å². The molecule has 0 spiro atoms. The molecule has 2 aromatic carbocycles. The Labute approximate surface area is 189 Å². The van der Waals surface area contributed by atoms with Gasteiger partial charge in [-0.2, -0.15) is 10.2 Å². The van der Waals surface area contributed by atoms with Gasteiger partial charge in [-0.1, -0.05) is 24.3 Å². The van der Waals surface area contributed by atoms with Crippen LogP contribution in [0.25, 0.3) is 11.7 Å². The van der Waals surface area contributed by atoms with Crippen LogP contribution in [0.4, 0.5) is 5.69 Å². The number of benzene rings is 2. The second kappa shape index (κ2) is 9.49. The van der Waals surface area contributed by atoms with E-state index in [0.717, 1.165) is 0 Å². The lowest BCUT2D eigenvalue weighted by Gasteiger charge is -2.10. The molecule has 0 saturated heterocycles. The summed E-state index contributed by atoms with van der Waals surface area (Å²) >= 11 is 0. The van der Waals surface area contributed by atoms with Gasteiger partial charge in [0.1, 0.15) is 34.4 Å². The molecule has 0 aliphatic heterocycles. The normalized spacial score (nSPS) is 11.0. The van der Waals surface area contributed by atoms with Crippen LogP contribution < -0.4 is 20.3 Å². The minimum atomic E-state index is -0.675. The second-order valence-electron chi connectivity index (χ2n) is 6.83. The van der Waals surface area contributed by atoms with Crippen LogP contribution in [0.15, 0.2) is 89.4 Å². The molecular formula is C25H18N4O4. The van der Waals surface area contributed by atoms with Gasteiger partial charge < -0.3 is 14.8 Å². The van der Waals surface area contributed by atoms with Crippen molar-refractivity contribution in [1.29, 1.82) is 5.26 Å². The first kappa shape index (κ1) is 21.3. The van der Waals surface area contributed by atoms with Gasteiger partial charge in [-0.05, 0) is 54.6 Å². The molecule has 4 rings (SSSR count). The van der Waals surface area contributed by atoms with Gasteiger partial charge in [-0.3, -0.25) is 14.0 Å². The van der Waals surface area contributed by atoms with Crippen molar-refractivity contribution in [2.75, 3.05) is 12.4 Å². The van der Waals surface area contributed by atoms with Crippen LogP contribution in [0.3, 0.4) is 0 Å². The number of anilines is 1. The number of pyridine rings is 1. The molecule has 0 radical (unpaired) electrons. The molecule has 0 fully saturated rings.